The molecule has 0 amide bonds. The molecule has 1 aromatic rings. The lowest BCUT2D eigenvalue weighted by atomic mass is 10.0. The van der Waals surface area contributed by atoms with Crippen LogP contribution in [0.25, 0.3) is 0 Å². The average molecular weight is 249 g/mol. The molecule has 1 aromatic carbocycles. The van der Waals surface area contributed by atoms with Crippen LogP contribution in [0.3, 0.4) is 0 Å². The maximum Gasteiger partial charge on any atom is 0.292 e. The fourth-order valence-corrected chi connectivity index (χ4v) is 2.56. The number of anilines is 1. The second kappa shape index (κ2) is 5.35. The number of fused-ring (bicyclic) bond motifs is 1. The monoisotopic (exact) mass is 249 g/mol. The Balaban J connectivity index is 2.41. The number of nitro groups is 1. The van der Waals surface area contributed by atoms with E-state index < -0.39 is 0 Å². The van der Waals surface area contributed by atoms with Crippen LogP contribution in [0.1, 0.15) is 31.9 Å². The highest BCUT2D eigenvalue weighted by atomic mass is 16.6. The van der Waals surface area contributed by atoms with Gasteiger partial charge in [0, 0.05) is 25.2 Å². The Morgan fingerprint density at radius 1 is 1.56 bits per heavy atom. The average Bonchev–Trinajstić information content (AvgIpc) is 2.51. The van der Waals surface area contributed by atoms with Gasteiger partial charge in [-0.25, -0.2) is 0 Å². The molecule has 0 radical (unpaired) electrons. The Bertz CT molecular complexity index is 448. The molecular formula is C13H19N3O2. The van der Waals surface area contributed by atoms with Gasteiger partial charge in [-0.3, -0.25) is 15.0 Å². The van der Waals surface area contributed by atoms with Crippen LogP contribution in [0.4, 0.5) is 11.4 Å². The lowest BCUT2D eigenvalue weighted by Crippen LogP contribution is -2.29. The van der Waals surface area contributed by atoms with Crippen molar-refractivity contribution in [3.63, 3.8) is 0 Å². The maximum atomic E-state index is 11.1. The van der Waals surface area contributed by atoms with Gasteiger partial charge < -0.3 is 5.32 Å². The van der Waals surface area contributed by atoms with Gasteiger partial charge in [0.1, 0.15) is 5.69 Å². The van der Waals surface area contributed by atoms with Crippen molar-refractivity contribution < 1.29 is 4.92 Å². The van der Waals surface area contributed by atoms with Gasteiger partial charge in [0.25, 0.3) is 5.69 Å². The molecule has 1 aliphatic rings. The van der Waals surface area contributed by atoms with Gasteiger partial charge >= 0.3 is 0 Å². The molecule has 98 valence electrons. The number of rotatable bonds is 3. The Morgan fingerprint density at radius 3 is 3.00 bits per heavy atom. The van der Waals surface area contributed by atoms with E-state index in [-0.39, 0.29) is 16.7 Å². The van der Waals surface area contributed by atoms with Crippen molar-refractivity contribution in [1.82, 2.24) is 4.90 Å². The number of hydrogen-bond donors (Lipinski definition) is 1. The Hall–Kier alpha value is -1.62. The molecule has 0 saturated heterocycles. The van der Waals surface area contributed by atoms with Crippen molar-refractivity contribution in [3.8, 4) is 0 Å². The van der Waals surface area contributed by atoms with Crippen LogP contribution in [-0.2, 0) is 0 Å². The molecule has 2 rings (SSSR count). The van der Waals surface area contributed by atoms with Gasteiger partial charge in [-0.2, -0.15) is 0 Å². The predicted octanol–water partition coefficient (Wildman–Crippen LogP) is 2.79. The molecule has 0 saturated carbocycles. The van der Waals surface area contributed by atoms with E-state index in [4.69, 9.17) is 0 Å². The van der Waals surface area contributed by atoms with Crippen molar-refractivity contribution in [3.05, 3.63) is 33.9 Å². The van der Waals surface area contributed by atoms with Gasteiger partial charge in [0.2, 0.25) is 0 Å². The summed E-state index contributed by atoms with van der Waals surface area (Å²) < 4.78 is 0. The first-order chi connectivity index (χ1) is 8.65. The highest BCUT2D eigenvalue weighted by molar-refractivity contribution is 5.67. The third kappa shape index (κ3) is 2.31. The van der Waals surface area contributed by atoms with Crippen LogP contribution in [0.2, 0.25) is 0 Å². The van der Waals surface area contributed by atoms with Gasteiger partial charge in [-0.15, -0.1) is 0 Å². The Labute approximate surface area is 107 Å². The van der Waals surface area contributed by atoms with Crippen LogP contribution in [0.5, 0.6) is 0 Å². The first kappa shape index (κ1) is 12.8. The van der Waals surface area contributed by atoms with Gasteiger partial charge in [-0.1, -0.05) is 19.1 Å². The summed E-state index contributed by atoms with van der Waals surface area (Å²) in [5, 5.41) is 14.3. The van der Waals surface area contributed by atoms with Crippen molar-refractivity contribution in [2.75, 3.05) is 25.0 Å². The fourth-order valence-electron chi connectivity index (χ4n) is 2.56. The Kier molecular flexibility index (Phi) is 3.81. The van der Waals surface area contributed by atoms with E-state index >= 15 is 0 Å². The third-order valence-electron chi connectivity index (χ3n) is 3.48. The predicted molar refractivity (Wildman–Crippen MR) is 71.9 cm³/mol. The lowest BCUT2D eigenvalue weighted by Gasteiger charge is -2.26. The zero-order valence-corrected chi connectivity index (χ0v) is 10.8. The van der Waals surface area contributed by atoms with Crippen LogP contribution < -0.4 is 5.32 Å². The minimum atomic E-state index is -0.311. The standard InChI is InChI=1S/C13H19N3O2/c1-3-8-15-9-7-14-13-11(10(15)2)5-4-6-12(13)16(17)18/h4-6,10,14H,3,7-9H2,1-2H3. The highest BCUT2D eigenvalue weighted by Gasteiger charge is 2.26. The highest BCUT2D eigenvalue weighted by Crippen LogP contribution is 2.36. The molecule has 1 aliphatic heterocycles. The second-order valence-corrected chi connectivity index (χ2v) is 4.64. The number of benzene rings is 1. The van der Waals surface area contributed by atoms with Gasteiger partial charge in [0.15, 0.2) is 0 Å². The topological polar surface area (TPSA) is 58.4 Å². The molecule has 0 fully saturated rings. The van der Waals surface area contributed by atoms with Crippen molar-refractivity contribution >= 4 is 11.4 Å². The molecular weight excluding hydrogens is 230 g/mol. The van der Waals surface area contributed by atoms with E-state index in [1.807, 2.05) is 6.07 Å². The second-order valence-electron chi connectivity index (χ2n) is 4.64. The van der Waals surface area contributed by atoms with E-state index in [9.17, 15) is 10.1 Å². The molecule has 5 heteroatoms. The molecule has 5 nitrogen and oxygen atoms in total. The van der Waals surface area contributed by atoms with Crippen LogP contribution in [0, 0.1) is 10.1 Å². The summed E-state index contributed by atoms with van der Waals surface area (Å²) in [5.41, 5.74) is 1.89. The largest absolute Gasteiger partial charge is 0.378 e. The quantitative estimate of drug-likeness (QED) is 0.661. The first-order valence-corrected chi connectivity index (χ1v) is 6.40. The van der Waals surface area contributed by atoms with Crippen molar-refractivity contribution in [2.45, 2.75) is 26.3 Å². The van der Waals surface area contributed by atoms with E-state index in [1.165, 1.54) is 0 Å². The van der Waals surface area contributed by atoms with E-state index in [1.54, 1.807) is 12.1 Å². The molecule has 0 aliphatic carbocycles. The SMILES string of the molecule is CCCN1CCNc2c(cccc2[N+](=O)[O-])C1C. The van der Waals surface area contributed by atoms with E-state index in [0.717, 1.165) is 31.6 Å². The minimum Gasteiger partial charge on any atom is -0.378 e. The number of nitrogens with zero attached hydrogens (tertiary/aromatic N) is 2. The summed E-state index contributed by atoms with van der Waals surface area (Å²) in [6.45, 7) is 6.96. The van der Waals surface area contributed by atoms with Crippen molar-refractivity contribution in [2.24, 2.45) is 0 Å². The van der Waals surface area contributed by atoms with Gasteiger partial charge in [-0.05, 0) is 25.5 Å². The summed E-state index contributed by atoms with van der Waals surface area (Å²) in [6.07, 6.45) is 1.09. The molecule has 1 atom stereocenters. The minimum absolute atomic E-state index is 0.178. The summed E-state index contributed by atoms with van der Waals surface area (Å²) in [4.78, 5) is 13.1. The Morgan fingerprint density at radius 2 is 2.33 bits per heavy atom. The first-order valence-electron chi connectivity index (χ1n) is 6.40. The maximum absolute atomic E-state index is 11.1. The fraction of sp³-hybridized carbons (Fsp3) is 0.538. The normalized spacial score (nSPS) is 19.8. The van der Waals surface area contributed by atoms with E-state index in [0.29, 0.717) is 5.69 Å². The zero-order chi connectivity index (χ0) is 13.1. The number of hydrogen-bond acceptors (Lipinski definition) is 4. The lowest BCUT2D eigenvalue weighted by molar-refractivity contribution is -0.384. The third-order valence-corrected chi connectivity index (χ3v) is 3.48. The molecule has 0 aromatic heterocycles. The molecule has 1 N–H and O–H groups in total. The van der Waals surface area contributed by atoms with Crippen LogP contribution >= 0.6 is 0 Å². The molecule has 0 spiro atoms. The summed E-state index contributed by atoms with van der Waals surface area (Å²) in [5.74, 6) is 0. The van der Waals surface area contributed by atoms with Crippen molar-refractivity contribution in [1.29, 1.82) is 0 Å². The van der Waals surface area contributed by atoms with Crippen LogP contribution in [0.15, 0.2) is 18.2 Å². The molecule has 0 bridgehead atoms. The van der Waals surface area contributed by atoms with E-state index in [2.05, 4.69) is 24.1 Å². The van der Waals surface area contributed by atoms with Crippen LogP contribution in [-0.4, -0.2) is 29.5 Å². The number of para-hydroxylation sites is 1. The summed E-state index contributed by atoms with van der Waals surface area (Å²) >= 11 is 0. The van der Waals surface area contributed by atoms with Gasteiger partial charge in [0.05, 0.1) is 4.92 Å². The zero-order valence-electron chi connectivity index (χ0n) is 10.8. The number of nitro benzene ring substituents is 1. The number of nitrogens with one attached hydrogen (secondary N) is 1. The molecule has 1 heterocycles. The smallest absolute Gasteiger partial charge is 0.292 e. The molecule has 1 unspecified atom stereocenters. The summed E-state index contributed by atoms with van der Waals surface area (Å²) in [6, 6.07) is 5.53. The summed E-state index contributed by atoms with van der Waals surface area (Å²) in [7, 11) is 0. The molecule has 18 heavy (non-hydrogen) atoms.